The Morgan fingerprint density at radius 1 is 1.20 bits per heavy atom. The first-order valence-electron chi connectivity index (χ1n) is 7.80. The van der Waals surface area contributed by atoms with Gasteiger partial charge in [0.05, 0.1) is 12.8 Å². The smallest absolute Gasteiger partial charge is 0.181 e. The highest BCUT2D eigenvalue weighted by Gasteiger charge is 2.19. The Hall–Kier alpha value is -3.16. The van der Waals surface area contributed by atoms with Crippen LogP contribution in [0.3, 0.4) is 0 Å². The van der Waals surface area contributed by atoms with Gasteiger partial charge in [-0.3, -0.25) is 0 Å². The second kappa shape index (κ2) is 6.76. The summed E-state index contributed by atoms with van der Waals surface area (Å²) in [5.74, 6) is 2.80. The zero-order valence-electron chi connectivity index (χ0n) is 14.6. The van der Waals surface area contributed by atoms with E-state index >= 15 is 0 Å². The first-order valence-corrected chi connectivity index (χ1v) is 7.80. The minimum absolute atomic E-state index is 0.0882. The predicted octanol–water partition coefficient (Wildman–Crippen LogP) is 3.04. The monoisotopic (exact) mass is 340 g/mol. The van der Waals surface area contributed by atoms with E-state index in [-0.39, 0.29) is 5.41 Å². The average Bonchev–Trinajstić information content (AvgIpc) is 3.24. The summed E-state index contributed by atoms with van der Waals surface area (Å²) < 4.78 is 12.1. The lowest BCUT2D eigenvalue weighted by Gasteiger charge is -2.11. The molecule has 0 saturated heterocycles. The van der Waals surface area contributed by atoms with Gasteiger partial charge in [-0.1, -0.05) is 25.9 Å². The van der Waals surface area contributed by atoms with Crippen LogP contribution < -0.4 is 10.1 Å². The summed E-state index contributed by atoms with van der Waals surface area (Å²) in [6.45, 7) is 6.20. The molecular weight excluding hydrogens is 320 g/mol. The lowest BCUT2D eigenvalue weighted by atomic mass is 9.93. The van der Waals surface area contributed by atoms with Gasteiger partial charge in [-0.15, -0.1) is 5.10 Å². The summed E-state index contributed by atoms with van der Waals surface area (Å²) in [6, 6.07) is 9.34. The number of tetrazole rings is 1. The van der Waals surface area contributed by atoms with Crippen LogP contribution in [0.15, 0.2) is 41.1 Å². The van der Waals surface area contributed by atoms with Crippen molar-refractivity contribution in [1.82, 2.24) is 25.4 Å². The van der Waals surface area contributed by atoms with E-state index in [1.54, 1.807) is 24.1 Å². The second-order valence-electron chi connectivity index (χ2n) is 6.45. The number of hydrogen-bond acceptors (Lipinski definition) is 7. The molecule has 0 unspecified atom stereocenters. The SMILES string of the molecule is COc1ccc(-n2nnnc2/C=C\Nc2cc(C(C)(C)C)on2)cc1. The molecule has 8 heteroatoms. The van der Waals surface area contributed by atoms with E-state index in [4.69, 9.17) is 9.26 Å². The second-order valence-corrected chi connectivity index (χ2v) is 6.45. The summed E-state index contributed by atoms with van der Waals surface area (Å²) in [6.07, 6.45) is 3.48. The maximum Gasteiger partial charge on any atom is 0.181 e. The fourth-order valence-electron chi connectivity index (χ4n) is 2.10. The molecule has 0 aliphatic rings. The summed E-state index contributed by atoms with van der Waals surface area (Å²) in [7, 11) is 1.63. The largest absolute Gasteiger partial charge is 0.497 e. The van der Waals surface area contributed by atoms with Crippen LogP contribution in [0, 0.1) is 0 Å². The van der Waals surface area contributed by atoms with Gasteiger partial charge >= 0.3 is 0 Å². The summed E-state index contributed by atoms with van der Waals surface area (Å²) in [4.78, 5) is 0. The average molecular weight is 340 g/mol. The van der Waals surface area contributed by atoms with Gasteiger partial charge in [0.25, 0.3) is 0 Å². The quantitative estimate of drug-likeness (QED) is 0.763. The molecule has 0 aliphatic carbocycles. The topological polar surface area (TPSA) is 90.9 Å². The summed E-state index contributed by atoms with van der Waals surface area (Å²) >= 11 is 0. The van der Waals surface area contributed by atoms with Crippen molar-refractivity contribution in [1.29, 1.82) is 0 Å². The molecule has 130 valence electrons. The predicted molar refractivity (Wildman–Crippen MR) is 93.6 cm³/mol. The number of methoxy groups -OCH3 is 1. The maximum absolute atomic E-state index is 5.33. The number of nitrogens with zero attached hydrogens (tertiary/aromatic N) is 5. The molecule has 8 nitrogen and oxygen atoms in total. The highest BCUT2D eigenvalue weighted by Crippen LogP contribution is 2.24. The Bertz CT molecular complexity index is 858. The minimum atomic E-state index is -0.0882. The number of rotatable bonds is 5. The Kier molecular flexibility index (Phi) is 4.51. The van der Waals surface area contributed by atoms with Crippen LogP contribution in [0.25, 0.3) is 11.8 Å². The van der Waals surface area contributed by atoms with Gasteiger partial charge in [0.15, 0.2) is 11.6 Å². The number of anilines is 1. The van der Waals surface area contributed by atoms with E-state index in [1.807, 2.05) is 30.3 Å². The number of benzene rings is 1. The molecule has 25 heavy (non-hydrogen) atoms. The molecule has 3 rings (SSSR count). The fraction of sp³-hybridized carbons (Fsp3) is 0.294. The number of hydrogen-bond donors (Lipinski definition) is 1. The van der Waals surface area contributed by atoms with Crippen LogP contribution in [0.1, 0.15) is 32.4 Å². The Morgan fingerprint density at radius 3 is 2.60 bits per heavy atom. The molecule has 3 aromatic rings. The van der Waals surface area contributed by atoms with Gasteiger partial charge in [0.1, 0.15) is 11.5 Å². The summed E-state index contributed by atoms with van der Waals surface area (Å²) in [5.41, 5.74) is 0.747. The van der Waals surface area contributed by atoms with E-state index in [2.05, 4.69) is 46.8 Å². The molecule has 0 amide bonds. The van der Waals surface area contributed by atoms with Crippen LogP contribution in [0.4, 0.5) is 5.82 Å². The van der Waals surface area contributed by atoms with E-state index in [0.717, 1.165) is 17.2 Å². The highest BCUT2D eigenvalue weighted by atomic mass is 16.5. The zero-order chi connectivity index (χ0) is 17.9. The van der Waals surface area contributed by atoms with Crippen LogP contribution in [-0.4, -0.2) is 32.5 Å². The van der Waals surface area contributed by atoms with E-state index in [1.165, 1.54) is 0 Å². The van der Waals surface area contributed by atoms with Crippen LogP contribution in [0.2, 0.25) is 0 Å². The normalized spacial score (nSPS) is 11.8. The Morgan fingerprint density at radius 2 is 1.96 bits per heavy atom. The van der Waals surface area contributed by atoms with E-state index < -0.39 is 0 Å². The van der Waals surface area contributed by atoms with Crippen molar-refractivity contribution < 1.29 is 9.26 Å². The molecule has 0 spiro atoms. The molecule has 1 N–H and O–H groups in total. The Labute approximate surface area is 145 Å². The van der Waals surface area contributed by atoms with Gasteiger partial charge in [-0.05, 0) is 34.7 Å². The van der Waals surface area contributed by atoms with Gasteiger partial charge in [0, 0.05) is 23.8 Å². The third kappa shape index (κ3) is 3.85. The van der Waals surface area contributed by atoms with Gasteiger partial charge in [0.2, 0.25) is 0 Å². The van der Waals surface area contributed by atoms with Crippen molar-refractivity contribution in [2.24, 2.45) is 0 Å². The van der Waals surface area contributed by atoms with Crippen molar-refractivity contribution >= 4 is 11.9 Å². The Balaban J connectivity index is 1.72. The van der Waals surface area contributed by atoms with E-state index in [0.29, 0.717) is 11.6 Å². The third-order valence-corrected chi connectivity index (χ3v) is 3.52. The van der Waals surface area contributed by atoms with E-state index in [9.17, 15) is 0 Å². The highest BCUT2D eigenvalue weighted by molar-refractivity contribution is 5.50. The van der Waals surface area contributed by atoms with Gasteiger partial charge in [-0.2, -0.15) is 4.68 Å². The third-order valence-electron chi connectivity index (χ3n) is 3.52. The van der Waals surface area contributed by atoms with Crippen LogP contribution in [-0.2, 0) is 5.41 Å². The molecule has 0 atom stereocenters. The maximum atomic E-state index is 5.33. The van der Waals surface area contributed by atoms with Gasteiger partial charge in [-0.25, -0.2) is 0 Å². The van der Waals surface area contributed by atoms with Crippen molar-refractivity contribution in [2.45, 2.75) is 26.2 Å². The van der Waals surface area contributed by atoms with Crippen LogP contribution >= 0.6 is 0 Å². The summed E-state index contributed by atoms with van der Waals surface area (Å²) in [5, 5.41) is 18.8. The van der Waals surface area contributed by atoms with Crippen molar-refractivity contribution in [3.05, 3.63) is 48.1 Å². The molecule has 0 saturated carbocycles. The first-order chi connectivity index (χ1) is 12.0. The molecule has 0 aliphatic heterocycles. The molecule has 2 aromatic heterocycles. The molecule has 2 heterocycles. The van der Waals surface area contributed by atoms with Crippen molar-refractivity contribution in [3.63, 3.8) is 0 Å². The molecule has 0 bridgehead atoms. The minimum Gasteiger partial charge on any atom is -0.497 e. The lowest BCUT2D eigenvalue weighted by molar-refractivity contribution is 0.331. The molecular formula is C17H20N6O2. The van der Waals surface area contributed by atoms with Gasteiger partial charge < -0.3 is 14.6 Å². The number of ether oxygens (including phenoxy) is 1. The molecule has 0 fully saturated rings. The first kappa shape index (κ1) is 16.7. The lowest BCUT2D eigenvalue weighted by Crippen LogP contribution is -2.09. The molecule has 1 aromatic carbocycles. The van der Waals surface area contributed by atoms with Crippen molar-refractivity contribution in [3.8, 4) is 11.4 Å². The number of nitrogens with one attached hydrogen (secondary N) is 1. The van der Waals surface area contributed by atoms with Crippen LogP contribution in [0.5, 0.6) is 5.75 Å². The standard InChI is InChI=1S/C17H20N6O2/c1-17(2,3)14-11-15(20-25-14)18-10-9-16-19-21-22-23(16)12-5-7-13(24-4)8-6-12/h5-11H,1-4H3,(H,18,20)/b10-9-. The number of aromatic nitrogens is 5. The molecule has 0 radical (unpaired) electrons. The zero-order valence-corrected chi connectivity index (χ0v) is 14.6. The van der Waals surface area contributed by atoms with Crippen molar-refractivity contribution in [2.75, 3.05) is 12.4 Å². The fourth-order valence-corrected chi connectivity index (χ4v) is 2.10.